The van der Waals surface area contributed by atoms with Crippen LogP contribution in [0.3, 0.4) is 0 Å². The Balaban J connectivity index is 2.18. The van der Waals surface area contributed by atoms with Gasteiger partial charge < -0.3 is 14.2 Å². The van der Waals surface area contributed by atoms with E-state index < -0.39 is 68.8 Å². The maximum Gasteiger partial charge on any atom is 0.338 e. The molecule has 0 spiro atoms. The fourth-order valence-corrected chi connectivity index (χ4v) is 5.82. The molecule has 2 aliphatic heterocycles. The van der Waals surface area contributed by atoms with Crippen LogP contribution in [0.4, 0.5) is 0 Å². The monoisotopic (exact) mass is 602 g/mol. The fourth-order valence-electron chi connectivity index (χ4n) is 5.27. The summed E-state index contributed by atoms with van der Waals surface area (Å²) in [5.74, 6) is -4.63. The van der Waals surface area contributed by atoms with E-state index in [0.29, 0.717) is 18.4 Å². The molecule has 42 heavy (non-hydrogen) atoms. The lowest BCUT2D eigenvalue weighted by Gasteiger charge is -2.28. The van der Waals surface area contributed by atoms with E-state index in [9.17, 15) is 32.1 Å². The van der Waals surface area contributed by atoms with Gasteiger partial charge >= 0.3 is 11.9 Å². The highest BCUT2D eigenvalue weighted by molar-refractivity contribution is 7.85. The summed E-state index contributed by atoms with van der Waals surface area (Å²) in [7, 11) is -4.81. The highest BCUT2D eigenvalue weighted by Crippen LogP contribution is 2.28. The van der Waals surface area contributed by atoms with E-state index in [2.05, 4.69) is 0 Å². The lowest BCUT2D eigenvalue weighted by atomic mass is 9.83. The van der Waals surface area contributed by atoms with Crippen LogP contribution < -0.4 is 0 Å². The van der Waals surface area contributed by atoms with Crippen LogP contribution in [0, 0.1) is 17.8 Å². The van der Waals surface area contributed by atoms with E-state index in [0.717, 1.165) is 12.1 Å². The largest absolute Gasteiger partial charge is 0.459 e. The molecule has 4 rings (SSSR count). The van der Waals surface area contributed by atoms with Crippen molar-refractivity contribution in [2.24, 2.45) is 17.8 Å². The van der Waals surface area contributed by atoms with Crippen molar-refractivity contribution in [3.63, 3.8) is 0 Å². The van der Waals surface area contributed by atoms with Crippen LogP contribution >= 0.6 is 0 Å². The summed E-state index contributed by atoms with van der Waals surface area (Å²) in [4.78, 5) is 52.7. The first-order chi connectivity index (χ1) is 19.7. The number of hydrogen-bond acceptors (Lipinski definition) is 9. The molecular weight excluding hydrogens is 564 g/mol. The van der Waals surface area contributed by atoms with Gasteiger partial charge in [0.1, 0.15) is 12.2 Å². The van der Waals surface area contributed by atoms with Gasteiger partial charge in [0.25, 0.3) is 10.1 Å². The van der Waals surface area contributed by atoms with Crippen molar-refractivity contribution < 1.29 is 46.4 Å². The Morgan fingerprint density at radius 2 is 1.21 bits per heavy atom. The van der Waals surface area contributed by atoms with Crippen LogP contribution in [0.15, 0.2) is 47.4 Å². The Morgan fingerprint density at radius 1 is 0.738 bits per heavy atom. The summed E-state index contributed by atoms with van der Waals surface area (Å²) in [5, 5.41) is 0. The number of Topliss-reactive ketones (excluding diaryl/α,β-unsaturated/α-hetero) is 2. The quantitative estimate of drug-likeness (QED) is 0.357. The fraction of sp³-hybridized carbons (Fsp3) is 0.484. The van der Waals surface area contributed by atoms with Gasteiger partial charge in [-0.05, 0) is 57.0 Å². The molecule has 228 valence electrons. The number of hydrogen-bond donors (Lipinski definition) is 1. The van der Waals surface area contributed by atoms with Crippen molar-refractivity contribution >= 4 is 33.6 Å². The van der Waals surface area contributed by atoms with Crippen molar-refractivity contribution in [3.05, 3.63) is 64.7 Å². The molecule has 0 amide bonds. The van der Waals surface area contributed by atoms with Gasteiger partial charge in [0.05, 0.1) is 22.1 Å². The standard InChI is InChI=1S/C31H38O10S/c1-7-13-39-29-17(3)27(32)21-9-11-22(12-10-21)30(34)40-19(5)26(8-2)20(6)41-31(35)24-14-23(28(33)18(29)4)15-25(16-24)42(36,37)38/h9-12,14-20,26,29H,7-8,13H2,1-6H3,(H,36,37,38). The minimum absolute atomic E-state index is 0.168. The van der Waals surface area contributed by atoms with Gasteiger partial charge in [-0.15, -0.1) is 0 Å². The van der Waals surface area contributed by atoms with Gasteiger partial charge in [-0.2, -0.15) is 8.42 Å². The van der Waals surface area contributed by atoms with E-state index in [1.165, 1.54) is 30.3 Å². The second-order valence-electron chi connectivity index (χ2n) is 10.7. The Labute approximate surface area is 246 Å². The van der Waals surface area contributed by atoms with Crippen LogP contribution in [0.25, 0.3) is 0 Å². The first-order valence-corrected chi connectivity index (χ1v) is 15.5. The van der Waals surface area contributed by atoms with Gasteiger partial charge in [0.15, 0.2) is 11.6 Å². The van der Waals surface area contributed by atoms with Crippen molar-refractivity contribution in [2.75, 3.05) is 6.61 Å². The molecule has 0 fully saturated rings. The molecule has 2 aliphatic rings. The zero-order valence-corrected chi connectivity index (χ0v) is 25.5. The smallest absolute Gasteiger partial charge is 0.338 e. The van der Waals surface area contributed by atoms with Gasteiger partial charge in [0, 0.05) is 35.5 Å². The number of rotatable bonds is 5. The minimum Gasteiger partial charge on any atom is -0.459 e. The number of carbonyl (C=O) groups is 4. The first kappa shape index (κ1) is 33.1. The van der Waals surface area contributed by atoms with E-state index in [1.807, 2.05) is 13.8 Å². The molecule has 6 unspecified atom stereocenters. The normalized spacial score (nSPS) is 26.2. The highest BCUT2D eigenvalue weighted by atomic mass is 32.2. The van der Waals surface area contributed by atoms with Crippen molar-refractivity contribution in [1.29, 1.82) is 0 Å². The molecule has 10 nitrogen and oxygen atoms in total. The second kappa shape index (κ2) is 13.7. The average Bonchev–Trinajstić information content (AvgIpc) is 2.95. The van der Waals surface area contributed by atoms with E-state index in [-0.39, 0.29) is 29.1 Å². The third kappa shape index (κ3) is 7.50. The summed E-state index contributed by atoms with van der Waals surface area (Å²) >= 11 is 0. The molecule has 11 heteroatoms. The Hall–Kier alpha value is -3.41. The average molecular weight is 603 g/mol. The Kier molecular flexibility index (Phi) is 10.8. The van der Waals surface area contributed by atoms with Gasteiger partial charge in [-0.3, -0.25) is 14.1 Å². The first-order valence-electron chi connectivity index (χ1n) is 14.0. The molecular formula is C31H38O10S. The van der Waals surface area contributed by atoms with E-state index in [4.69, 9.17) is 14.2 Å². The van der Waals surface area contributed by atoms with Crippen molar-refractivity contribution in [3.8, 4) is 0 Å². The second-order valence-corrected chi connectivity index (χ2v) is 12.2. The summed E-state index contributed by atoms with van der Waals surface area (Å²) in [5.41, 5.74) is 0.111. The predicted molar refractivity (Wildman–Crippen MR) is 153 cm³/mol. The predicted octanol–water partition coefficient (Wildman–Crippen LogP) is 5.20. The third-order valence-corrected chi connectivity index (χ3v) is 8.55. The number of benzene rings is 2. The maximum absolute atomic E-state index is 13.7. The molecule has 2 aromatic carbocycles. The van der Waals surface area contributed by atoms with Crippen molar-refractivity contribution in [1.82, 2.24) is 0 Å². The highest BCUT2D eigenvalue weighted by Gasteiger charge is 2.36. The van der Waals surface area contributed by atoms with Crippen molar-refractivity contribution in [2.45, 2.75) is 77.6 Å². The molecule has 0 saturated heterocycles. The molecule has 2 aromatic rings. The SMILES string of the molecule is CCCOC1C(C)C(=O)c2ccc(cc2)C(=O)OC(C)C(CC)C(C)OC(=O)c2cc(cc(S(=O)(=O)O)c2)C(=O)C1C. The summed E-state index contributed by atoms with van der Waals surface area (Å²) in [6.45, 7) is 10.4. The van der Waals surface area contributed by atoms with Gasteiger partial charge in [-0.25, -0.2) is 9.59 Å². The van der Waals surface area contributed by atoms with Crippen LogP contribution in [0.5, 0.6) is 0 Å². The van der Waals surface area contributed by atoms with Crippen LogP contribution in [0.1, 0.15) is 95.8 Å². The Morgan fingerprint density at radius 3 is 1.71 bits per heavy atom. The molecule has 2 heterocycles. The van der Waals surface area contributed by atoms with Gasteiger partial charge in [-0.1, -0.05) is 39.8 Å². The number of ketones is 2. The van der Waals surface area contributed by atoms with E-state index >= 15 is 0 Å². The summed E-state index contributed by atoms with van der Waals surface area (Å²) in [6.07, 6.45) is -1.27. The molecule has 0 aliphatic carbocycles. The van der Waals surface area contributed by atoms with Crippen LogP contribution in [-0.2, 0) is 24.3 Å². The molecule has 4 bridgehead atoms. The topological polar surface area (TPSA) is 150 Å². The minimum atomic E-state index is -4.81. The van der Waals surface area contributed by atoms with E-state index in [1.54, 1.807) is 27.7 Å². The molecule has 1 N–H and O–H groups in total. The van der Waals surface area contributed by atoms with Gasteiger partial charge in [0.2, 0.25) is 0 Å². The molecule has 0 radical (unpaired) electrons. The number of carbonyl (C=O) groups excluding carboxylic acids is 4. The Bertz CT molecular complexity index is 1430. The zero-order chi connectivity index (χ0) is 31.4. The third-order valence-electron chi connectivity index (χ3n) is 7.72. The lowest BCUT2D eigenvalue weighted by Crippen LogP contribution is -2.38. The van der Waals surface area contributed by atoms with Crippen LogP contribution in [-0.4, -0.2) is 61.4 Å². The molecule has 6 atom stereocenters. The zero-order valence-electron chi connectivity index (χ0n) is 24.7. The number of esters is 2. The lowest BCUT2D eigenvalue weighted by molar-refractivity contribution is -0.0233. The molecule has 0 aromatic heterocycles. The molecule has 0 saturated carbocycles. The maximum atomic E-state index is 13.7. The van der Waals surface area contributed by atoms with Crippen LogP contribution in [0.2, 0.25) is 0 Å². The number of ether oxygens (including phenoxy) is 3. The summed E-state index contributed by atoms with van der Waals surface area (Å²) in [6, 6.07) is 9.12. The summed E-state index contributed by atoms with van der Waals surface area (Å²) < 4.78 is 51.3. The number of fused-ring (bicyclic) bond motifs is 12.